The summed E-state index contributed by atoms with van der Waals surface area (Å²) >= 11 is 0. The molecule has 9 nitrogen and oxygen atoms in total. The molecule has 0 bridgehead atoms. The van der Waals surface area contributed by atoms with Gasteiger partial charge in [0.15, 0.2) is 17.8 Å². The van der Waals surface area contributed by atoms with Crippen molar-refractivity contribution in [3.63, 3.8) is 0 Å². The molecule has 1 aromatic rings. The summed E-state index contributed by atoms with van der Waals surface area (Å²) < 4.78 is 10.2. The lowest BCUT2D eigenvalue weighted by Gasteiger charge is -2.39. The van der Waals surface area contributed by atoms with Gasteiger partial charge in [0, 0.05) is 0 Å². The number of phenolic OH excluding ortho intramolecular Hbond substituents is 2. The van der Waals surface area contributed by atoms with Crippen molar-refractivity contribution in [2.45, 2.75) is 30.7 Å². The Balaban J connectivity index is 2.30. The van der Waals surface area contributed by atoms with E-state index in [1.807, 2.05) is 0 Å². The topological polar surface area (TPSA) is 157 Å². The monoisotopic (exact) mass is 316 g/mol. The molecule has 1 aliphatic heterocycles. The number of aliphatic hydroxyl groups is 4. The van der Waals surface area contributed by atoms with Crippen molar-refractivity contribution >= 4 is 6.29 Å². The van der Waals surface area contributed by atoms with E-state index in [1.165, 1.54) is 6.07 Å². The van der Waals surface area contributed by atoms with E-state index in [0.29, 0.717) is 6.29 Å². The van der Waals surface area contributed by atoms with Gasteiger partial charge >= 0.3 is 0 Å². The number of aldehydes is 1. The summed E-state index contributed by atoms with van der Waals surface area (Å²) in [5.74, 6) is -1.77. The van der Waals surface area contributed by atoms with Crippen LogP contribution in [0.25, 0.3) is 0 Å². The number of hydrogen-bond donors (Lipinski definition) is 6. The lowest BCUT2D eigenvalue weighted by molar-refractivity contribution is -0.277. The second kappa shape index (κ2) is 6.46. The van der Waals surface area contributed by atoms with Crippen LogP contribution in [0, 0.1) is 0 Å². The Morgan fingerprint density at radius 2 is 1.82 bits per heavy atom. The molecule has 2 rings (SSSR count). The molecule has 0 aliphatic carbocycles. The van der Waals surface area contributed by atoms with E-state index in [1.54, 1.807) is 0 Å². The summed E-state index contributed by atoms with van der Waals surface area (Å²) in [6.07, 6.45) is -7.39. The summed E-state index contributed by atoms with van der Waals surface area (Å²) in [5, 5.41) is 57.4. The largest absolute Gasteiger partial charge is 0.504 e. The molecule has 1 fully saturated rings. The molecule has 1 aliphatic rings. The van der Waals surface area contributed by atoms with Crippen molar-refractivity contribution < 1.29 is 44.9 Å². The van der Waals surface area contributed by atoms with Crippen LogP contribution < -0.4 is 4.74 Å². The second-order valence-corrected chi connectivity index (χ2v) is 4.78. The highest BCUT2D eigenvalue weighted by molar-refractivity contribution is 5.82. The van der Waals surface area contributed by atoms with Crippen LogP contribution in [-0.4, -0.2) is 74.2 Å². The van der Waals surface area contributed by atoms with Crippen molar-refractivity contribution in [3.8, 4) is 17.2 Å². The molecule has 0 spiro atoms. The average Bonchev–Trinajstić information content (AvgIpc) is 2.52. The molecule has 0 radical (unpaired) electrons. The van der Waals surface area contributed by atoms with Crippen LogP contribution in [0.3, 0.4) is 0 Å². The van der Waals surface area contributed by atoms with Crippen LogP contribution in [0.1, 0.15) is 10.4 Å². The number of carbonyl (C=O) groups is 1. The summed E-state index contributed by atoms with van der Waals surface area (Å²) in [5.41, 5.74) is -0.132. The van der Waals surface area contributed by atoms with Crippen molar-refractivity contribution in [3.05, 3.63) is 17.7 Å². The van der Waals surface area contributed by atoms with E-state index in [2.05, 4.69) is 0 Å². The number of carbonyl (C=O) groups excluding carboxylic acids is 1. The van der Waals surface area contributed by atoms with Crippen LogP contribution in [0.5, 0.6) is 17.2 Å². The fraction of sp³-hybridized carbons (Fsp3) is 0.462. The van der Waals surface area contributed by atoms with Gasteiger partial charge in [-0.1, -0.05) is 0 Å². The van der Waals surface area contributed by atoms with Gasteiger partial charge in [-0.15, -0.1) is 0 Å². The Labute approximate surface area is 124 Å². The number of aromatic hydroxyl groups is 2. The molecule has 122 valence electrons. The third-order valence-electron chi connectivity index (χ3n) is 3.35. The summed E-state index contributed by atoms with van der Waals surface area (Å²) in [6.45, 7) is -0.655. The third kappa shape index (κ3) is 2.85. The molecule has 1 heterocycles. The van der Waals surface area contributed by atoms with Crippen LogP contribution in [0.4, 0.5) is 0 Å². The normalized spacial score (nSPS) is 31.7. The number of rotatable bonds is 4. The molecule has 22 heavy (non-hydrogen) atoms. The van der Waals surface area contributed by atoms with Gasteiger partial charge in [-0.2, -0.15) is 0 Å². The van der Waals surface area contributed by atoms with Gasteiger partial charge in [0.1, 0.15) is 24.4 Å². The number of benzene rings is 1. The summed E-state index contributed by atoms with van der Waals surface area (Å²) in [7, 11) is 0. The average molecular weight is 316 g/mol. The highest BCUT2D eigenvalue weighted by Crippen LogP contribution is 2.39. The maximum Gasteiger partial charge on any atom is 0.229 e. The van der Waals surface area contributed by atoms with E-state index in [0.717, 1.165) is 6.07 Å². The molecule has 0 amide bonds. The van der Waals surface area contributed by atoms with Crippen molar-refractivity contribution in [1.82, 2.24) is 0 Å². The molecular weight excluding hydrogens is 300 g/mol. The highest BCUT2D eigenvalue weighted by atomic mass is 16.7. The van der Waals surface area contributed by atoms with E-state index in [4.69, 9.17) is 14.6 Å². The second-order valence-electron chi connectivity index (χ2n) is 4.78. The molecule has 5 atom stereocenters. The van der Waals surface area contributed by atoms with Gasteiger partial charge in [0.2, 0.25) is 12.0 Å². The standard InChI is InChI=1S/C13H16O9/c14-3-5-1-2-6(16)8(17)12(5)22-13-11(20)10(19)9(18)7(4-15)21-13/h1-3,7,9-11,13,15-20H,4H2/t7-,9-,10+,11-,13-/m1/s1. The Bertz CT molecular complexity index is 545. The molecular formula is C13H16O9. The van der Waals surface area contributed by atoms with Crippen LogP contribution >= 0.6 is 0 Å². The minimum absolute atomic E-state index is 0.132. The number of ether oxygens (including phenoxy) is 2. The van der Waals surface area contributed by atoms with Gasteiger partial charge in [0.05, 0.1) is 12.2 Å². The predicted molar refractivity (Wildman–Crippen MR) is 69.6 cm³/mol. The summed E-state index contributed by atoms with van der Waals surface area (Å²) in [4.78, 5) is 10.9. The van der Waals surface area contributed by atoms with Crippen LogP contribution in [0.2, 0.25) is 0 Å². The minimum Gasteiger partial charge on any atom is -0.504 e. The molecule has 1 saturated heterocycles. The molecule has 1 aromatic carbocycles. The predicted octanol–water partition coefficient (Wildman–Crippen LogP) is -1.91. The van der Waals surface area contributed by atoms with Crippen LogP contribution in [-0.2, 0) is 4.74 Å². The first-order valence-corrected chi connectivity index (χ1v) is 6.38. The molecule has 0 unspecified atom stereocenters. The zero-order valence-electron chi connectivity index (χ0n) is 11.2. The zero-order valence-corrected chi connectivity index (χ0v) is 11.2. The number of phenols is 2. The Morgan fingerprint density at radius 1 is 1.14 bits per heavy atom. The van der Waals surface area contributed by atoms with E-state index in [9.17, 15) is 30.3 Å². The van der Waals surface area contributed by atoms with Gasteiger partial charge in [0.25, 0.3) is 0 Å². The van der Waals surface area contributed by atoms with Crippen molar-refractivity contribution in [2.75, 3.05) is 6.61 Å². The Kier molecular flexibility index (Phi) is 4.84. The van der Waals surface area contributed by atoms with Gasteiger partial charge in [-0.05, 0) is 12.1 Å². The first-order chi connectivity index (χ1) is 10.4. The number of hydrogen-bond acceptors (Lipinski definition) is 9. The Morgan fingerprint density at radius 3 is 2.41 bits per heavy atom. The molecule has 0 aromatic heterocycles. The first-order valence-electron chi connectivity index (χ1n) is 6.38. The van der Waals surface area contributed by atoms with Crippen molar-refractivity contribution in [2.24, 2.45) is 0 Å². The zero-order chi connectivity index (χ0) is 16.4. The smallest absolute Gasteiger partial charge is 0.229 e. The van der Waals surface area contributed by atoms with Crippen LogP contribution in [0.15, 0.2) is 12.1 Å². The fourth-order valence-corrected chi connectivity index (χ4v) is 2.07. The maximum atomic E-state index is 10.9. The SMILES string of the molecule is O=Cc1ccc(O)c(O)c1O[C@H]1O[C@H](CO)[C@@H](O)[C@H](O)[C@H]1O. The molecule has 9 heteroatoms. The molecule has 6 N–H and O–H groups in total. The quantitative estimate of drug-likeness (QED) is 0.275. The van der Waals surface area contributed by atoms with E-state index in [-0.39, 0.29) is 5.56 Å². The highest BCUT2D eigenvalue weighted by Gasteiger charge is 2.45. The van der Waals surface area contributed by atoms with Gasteiger partial charge in [-0.3, -0.25) is 4.79 Å². The minimum atomic E-state index is -1.71. The molecule has 0 saturated carbocycles. The fourth-order valence-electron chi connectivity index (χ4n) is 2.07. The van der Waals surface area contributed by atoms with Gasteiger partial charge < -0.3 is 40.1 Å². The lowest BCUT2D eigenvalue weighted by atomic mass is 9.99. The lowest BCUT2D eigenvalue weighted by Crippen LogP contribution is -2.60. The Hall–Kier alpha value is -1.91. The van der Waals surface area contributed by atoms with Gasteiger partial charge in [-0.25, -0.2) is 0 Å². The summed E-state index contributed by atoms with van der Waals surface area (Å²) in [6, 6.07) is 2.24. The van der Waals surface area contributed by atoms with E-state index >= 15 is 0 Å². The van der Waals surface area contributed by atoms with Crippen molar-refractivity contribution in [1.29, 1.82) is 0 Å². The number of aliphatic hydroxyl groups excluding tert-OH is 4. The first kappa shape index (κ1) is 16.5. The maximum absolute atomic E-state index is 10.9. The third-order valence-corrected chi connectivity index (χ3v) is 3.35. The van der Waals surface area contributed by atoms with E-state index < -0.39 is 54.6 Å².